The Hall–Kier alpha value is -0.310. The molecule has 0 atom stereocenters. The molecule has 3 nitrogen and oxygen atoms in total. The van der Waals surface area contributed by atoms with Crippen LogP contribution in [-0.2, 0) is 13.2 Å². The zero-order chi connectivity index (χ0) is 10.1. The van der Waals surface area contributed by atoms with E-state index in [1.807, 2.05) is 0 Å². The molecule has 0 aliphatic rings. The molecule has 13 heavy (non-hydrogen) atoms. The minimum atomic E-state index is -4.31. The number of halogens is 4. The van der Waals surface area contributed by atoms with Crippen LogP contribution in [0.5, 0.6) is 0 Å². The topological polar surface area (TPSA) is 38.1 Å². The van der Waals surface area contributed by atoms with Gasteiger partial charge in [0.05, 0.1) is 12.3 Å². The monoisotopic (exact) mass is 306 g/mol. The summed E-state index contributed by atoms with van der Waals surface area (Å²) in [5, 5.41) is 12.3. The maximum atomic E-state index is 11.9. The second-order valence-electron chi connectivity index (χ2n) is 2.39. The van der Waals surface area contributed by atoms with Gasteiger partial charge in [-0.1, -0.05) is 0 Å². The standard InChI is InChI=1S/C6H6F3IN2O/c7-6(8,9)3-12-4(2-13)1-5(10)11-12/h1,13H,2-3H2. The van der Waals surface area contributed by atoms with E-state index in [0.29, 0.717) is 3.70 Å². The Morgan fingerprint density at radius 1 is 1.54 bits per heavy atom. The summed E-state index contributed by atoms with van der Waals surface area (Å²) in [6, 6.07) is 1.41. The fourth-order valence-corrected chi connectivity index (χ4v) is 1.47. The second kappa shape index (κ2) is 3.82. The van der Waals surface area contributed by atoms with E-state index in [0.717, 1.165) is 4.68 Å². The van der Waals surface area contributed by atoms with Gasteiger partial charge in [0.25, 0.3) is 0 Å². The molecule has 7 heteroatoms. The van der Waals surface area contributed by atoms with Crippen molar-refractivity contribution < 1.29 is 18.3 Å². The van der Waals surface area contributed by atoms with Crippen molar-refractivity contribution in [3.63, 3.8) is 0 Å². The lowest BCUT2D eigenvalue weighted by Gasteiger charge is -2.08. The Labute approximate surface area is 85.7 Å². The molecule has 0 amide bonds. The Bertz CT molecular complexity index is 297. The summed E-state index contributed by atoms with van der Waals surface area (Å²) in [6.07, 6.45) is -4.31. The molecule has 1 rings (SSSR count). The van der Waals surface area contributed by atoms with E-state index in [4.69, 9.17) is 5.11 Å². The average molecular weight is 306 g/mol. The summed E-state index contributed by atoms with van der Waals surface area (Å²) in [7, 11) is 0. The highest BCUT2D eigenvalue weighted by Gasteiger charge is 2.29. The minimum Gasteiger partial charge on any atom is -0.390 e. The molecular formula is C6H6F3IN2O. The van der Waals surface area contributed by atoms with Gasteiger partial charge in [-0.2, -0.15) is 18.3 Å². The van der Waals surface area contributed by atoms with Gasteiger partial charge in [-0.25, -0.2) is 0 Å². The van der Waals surface area contributed by atoms with E-state index in [1.54, 1.807) is 22.6 Å². The third kappa shape index (κ3) is 3.14. The van der Waals surface area contributed by atoms with Crippen LogP contribution in [0.3, 0.4) is 0 Å². The molecule has 0 aromatic carbocycles. The number of aromatic nitrogens is 2. The Morgan fingerprint density at radius 3 is 2.62 bits per heavy atom. The Morgan fingerprint density at radius 2 is 2.15 bits per heavy atom. The highest BCUT2D eigenvalue weighted by atomic mass is 127. The molecule has 0 spiro atoms. The maximum Gasteiger partial charge on any atom is 0.408 e. The largest absolute Gasteiger partial charge is 0.408 e. The molecule has 1 aromatic heterocycles. The number of nitrogens with zero attached hydrogens (tertiary/aromatic N) is 2. The normalized spacial score (nSPS) is 12.1. The fourth-order valence-electron chi connectivity index (χ4n) is 0.854. The van der Waals surface area contributed by atoms with Crippen LogP contribution >= 0.6 is 22.6 Å². The quantitative estimate of drug-likeness (QED) is 0.842. The highest BCUT2D eigenvalue weighted by molar-refractivity contribution is 14.1. The molecule has 1 heterocycles. The third-order valence-electron chi connectivity index (χ3n) is 1.32. The third-order valence-corrected chi connectivity index (χ3v) is 1.85. The zero-order valence-electron chi connectivity index (χ0n) is 6.35. The van der Waals surface area contributed by atoms with Gasteiger partial charge in [0.1, 0.15) is 10.2 Å². The smallest absolute Gasteiger partial charge is 0.390 e. The van der Waals surface area contributed by atoms with Crippen molar-refractivity contribution in [3.8, 4) is 0 Å². The van der Waals surface area contributed by atoms with Gasteiger partial charge >= 0.3 is 6.18 Å². The van der Waals surface area contributed by atoms with Crippen LogP contribution in [0.15, 0.2) is 6.07 Å². The van der Waals surface area contributed by atoms with E-state index in [9.17, 15) is 13.2 Å². The number of hydrogen-bond acceptors (Lipinski definition) is 2. The molecule has 0 fully saturated rings. The first-order valence-corrected chi connectivity index (χ1v) is 4.40. The zero-order valence-corrected chi connectivity index (χ0v) is 8.50. The van der Waals surface area contributed by atoms with Crippen LogP contribution in [0.1, 0.15) is 5.69 Å². The van der Waals surface area contributed by atoms with E-state index >= 15 is 0 Å². The van der Waals surface area contributed by atoms with Crippen molar-refractivity contribution in [2.45, 2.75) is 19.3 Å². The van der Waals surface area contributed by atoms with E-state index in [1.165, 1.54) is 6.07 Å². The van der Waals surface area contributed by atoms with E-state index < -0.39 is 19.3 Å². The average Bonchev–Trinajstić information content (AvgIpc) is 2.27. The number of hydrogen-bond donors (Lipinski definition) is 1. The van der Waals surface area contributed by atoms with Crippen molar-refractivity contribution in [1.29, 1.82) is 0 Å². The van der Waals surface area contributed by atoms with E-state index in [-0.39, 0.29) is 5.69 Å². The van der Waals surface area contributed by atoms with Crippen LogP contribution < -0.4 is 0 Å². The molecule has 0 saturated heterocycles. The van der Waals surface area contributed by atoms with E-state index in [2.05, 4.69) is 5.10 Å². The Kier molecular flexibility index (Phi) is 3.17. The summed E-state index contributed by atoms with van der Waals surface area (Å²) < 4.78 is 37.0. The number of rotatable bonds is 2. The lowest BCUT2D eigenvalue weighted by molar-refractivity contribution is -0.143. The van der Waals surface area contributed by atoms with Crippen LogP contribution in [0.25, 0.3) is 0 Å². The molecule has 0 radical (unpaired) electrons. The predicted octanol–water partition coefficient (Wildman–Crippen LogP) is 1.54. The lowest BCUT2D eigenvalue weighted by atomic mass is 10.4. The number of alkyl halides is 3. The lowest BCUT2D eigenvalue weighted by Crippen LogP contribution is -2.20. The van der Waals surface area contributed by atoms with Crippen molar-refractivity contribution in [1.82, 2.24) is 9.78 Å². The van der Waals surface area contributed by atoms with Gasteiger partial charge in [0.2, 0.25) is 0 Å². The maximum absolute atomic E-state index is 11.9. The van der Waals surface area contributed by atoms with Crippen molar-refractivity contribution >= 4 is 22.6 Å². The molecule has 0 aliphatic carbocycles. The highest BCUT2D eigenvalue weighted by Crippen LogP contribution is 2.19. The number of aliphatic hydroxyl groups is 1. The van der Waals surface area contributed by atoms with Gasteiger partial charge in [-0.05, 0) is 28.7 Å². The molecule has 0 unspecified atom stereocenters. The van der Waals surface area contributed by atoms with Crippen molar-refractivity contribution in [3.05, 3.63) is 15.5 Å². The van der Waals surface area contributed by atoms with Crippen LogP contribution in [0.4, 0.5) is 13.2 Å². The number of aliphatic hydroxyl groups excluding tert-OH is 1. The summed E-state index contributed by atoms with van der Waals surface area (Å²) in [5.74, 6) is 0. The van der Waals surface area contributed by atoms with Gasteiger partial charge in [-0.15, -0.1) is 0 Å². The summed E-state index contributed by atoms with van der Waals surface area (Å²) in [4.78, 5) is 0. The van der Waals surface area contributed by atoms with Crippen LogP contribution in [0, 0.1) is 3.70 Å². The first-order chi connectivity index (χ1) is 5.92. The molecule has 1 N–H and O–H groups in total. The minimum absolute atomic E-state index is 0.168. The SMILES string of the molecule is OCc1cc(I)nn1CC(F)(F)F. The molecule has 0 aliphatic heterocycles. The van der Waals surface area contributed by atoms with Gasteiger partial charge in [-0.3, -0.25) is 4.68 Å². The van der Waals surface area contributed by atoms with Crippen molar-refractivity contribution in [2.24, 2.45) is 0 Å². The summed E-state index contributed by atoms with van der Waals surface area (Å²) in [6.45, 7) is -1.60. The Balaban J connectivity index is 2.87. The molecule has 0 saturated carbocycles. The van der Waals surface area contributed by atoms with Crippen molar-refractivity contribution in [2.75, 3.05) is 0 Å². The first-order valence-electron chi connectivity index (χ1n) is 3.32. The first kappa shape index (κ1) is 10.8. The van der Waals surface area contributed by atoms with Crippen LogP contribution in [0.2, 0.25) is 0 Å². The molecular weight excluding hydrogens is 300 g/mol. The molecule has 0 bridgehead atoms. The van der Waals surface area contributed by atoms with Gasteiger partial charge in [0, 0.05) is 0 Å². The van der Waals surface area contributed by atoms with Gasteiger partial charge < -0.3 is 5.11 Å². The summed E-state index contributed by atoms with van der Waals surface area (Å²) >= 11 is 1.79. The summed E-state index contributed by atoms with van der Waals surface area (Å²) in [5.41, 5.74) is 0.168. The fraction of sp³-hybridized carbons (Fsp3) is 0.500. The molecule has 1 aromatic rings. The van der Waals surface area contributed by atoms with Crippen LogP contribution in [-0.4, -0.2) is 21.1 Å². The molecule has 74 valence electrons. The van der Waals surface area contributed by atoms with Gasteiger partial charge in [0.15, 0.2) is 0 Å². The second-order valence-corrected chi connectivity index (χ2v) is 3.49. The predicted molar refractivity (Wildman–Crippen MR) is 46.9 cm³/mol.